The van der Waals surface area contributed by atoms with Crippen molar-refractivity contribution < 1.29 is 4.79 Å². The molecule has 0 saturated carbocycles. The van der Waals surface area contributed by atoms with Gasteiger partial charge < -0.3 is 16.0 Å². The molecule has 1 heterocycles. The van der Waals surface area contributed by atoms with Crippen molar-refractivity contribution in [3.05, 3.63) is 11.9 Å². The Labute approximate surface area is 114 Å². The summed E-state index contributed by atoms with van der Waals surface area (Å²) in [6.07, 6.45) is 1.46. The molecule has 1 amide bonds. The normalized spacial score (nSPS) is 12.3. The van der Waals surface area contributed by atoms with E-state index in [2.05, 4.69) is 29.1 Å². The van der Waals surface area contributed by atoms with Crippen LogP contribution in [0, 0.1) is 5.92 Å². The molecule has 3 N–H and O–H groups in total. The van der Waals surface area contributed by atoms with Crippen molar-refractivity contribution in [2.75, 3.05) is 31.3 Å². The van der Waals surface area contributed by atoms with Crippen LogP contribution in [0.5, 0.6) is 0 Å². The van der Waals surface area contributed by atoms with E-state index < -0.39 is 0 Å². The highest BCUT2D eigenvalue weighted by molar-refractivity contribution is 5.78. The average Bonchev–Trinajstić information content (AvgIpc) is 2.36. The summed E-state index contributed by atoms with van der Waals surface area (Å²) in [6.45, 7) is 6.56. The van der Waals surface area contributed by atoms with Crippen LogP contribution in [0.4, 0.5) is 11.6 Å². The molecule has 19 heavy (non-hydrogen) atoms. The number of aromatic nitrogens is 2. The molecular weight excluding hydrogens is 242 g/mol. The summed E-state index contributed by atoms with van der Waals surface area (Å²) in [7, 11) is 3.55. The lowest BCUT2D eigenvalue weighted by molar-refractivity contribution is -0.123. The second-order valence-corrected chi connectivity index (χ2v) is 5.05. The van der Waals surface area contributed by atoms with Crippen LogP contribution >= 0.6 is 0 Å². The van der Waals surface area contributed by atoms with E-state index in [0.717, 1.165) is 11.4 Å². The summed E-state index contributed by atoms with van der Waals surface area (Å²) in [5.41, 5.74) is 6.84. The summed E-state index contributed by atoms with van der Waals surface area (Å²) in [4.78, 5) is 21.9. The van der Waals surface area contributed by atoms with Gasteiger partial charge in [-0.1, -0.05) is 20.8 Å². The van der Waals surface area contributed by atoms with Crippen LogP contribution in [0.2, 0.25) is 0 Å². The molecule has 6 heteroatoms. The number of amides is 1. The third-order valence-electron chi connectivity index (χ3n) is 3.07. The number of nitrogens with one attached hydrogen (secondary N) is 1. The topological polar surface area (TPSA) is 84.1 Å². The van der Waals surface area contributed by atoms with E-state index >= 15 is 0 Å². The highest BCUT2D eigenvalue weighted by Crippen LogP contribution is 2.28. The minimum Gasteiger partial charge on any atom is -0.383 e. The Kier molecular flexibility index (Phi) is 5.09. The number of nitrogen functional groups attached to an aromatic ring is 1. The Morgan fingerprint density at radius 1 is 1.42 bits per heavy atom. The standard InChI is InChI=1S/C13H23N5O/c1-8(2)10-11(14)16-7-17-12(10)18(5)6-9(3)13(19)15-4/h7-9H,6H2,1-5H3,(H,15,19)(H2,14,16,17). The first-order chi connectivity index (χ1) is 8.88. The lowest BCUT2D eigenvalue weighted by atomic mass is 10.0. The molecule has 0 bridgehead atoms. The Hall–Kier alpha value is -1.85. The lowest BCUT2D eigenvalue weighted by Crippen LogP contribution is -2.35. The van der Waals surface area contributed by atoms with Gasteiger partial charge in [0.05, 0.1) is 5.92 Å². The van der Waals surface area contributed by atoms with Crippen LogP contribution in [-0.2, 0) is 4.79 Å². The van der Waals surface area contributed by atoms with Crippen LogP contribution in [0.25, 0.3) is 0 Å². The fourth-order valence-corrected chi connectivity index (χ4v) is 2.08. The van der Waals surface area contributed by atoms with Crippen LogP contribution in [0.15, 0.2) is 6.33 Å². The fraction of sp³-hybridized carbons (Fsp3) is 0.615. The van der Waals surface area contributed by atoms with Gasteiger partial charge in [0, 0.05) is 26.2 Å². The summed E-state index contributed by atoms with van der Waals surface area (Å²) >= 11 is 0. The molecule has 0 spiro atoms. The zero-order chi connectivity index (χ0) is 14.6. The van der Waals surface area contributed by atoms with E-state index in [9.17, 15) is 4.79 Å². The smallest absolute Gasteiger partial charge is 0.224 e. The van der Waals surface area contributed by atoms with Gasteiger partial charge in [-0.15, -0.1) is 0 Å². The quantitative estimate of drug-likeness (QED) is 0.829. The van der Waals surface area contributed by atoms with Gasteiger partial charge in [0.2, 0.25) is 5.91 Å². The predicted octanol–water partition coefficient (Wildman–Crippen LogP) is 1.00. The van der Waals surface area contributed by atoms with Gasteiger partial charge in [0.15, 0.2) is 0 Å². The number of nitrogens with two attached hydrogens (primary N) is 1. The van der Waals surface area contributed by atoms with E-state index in [1.165, 1.54) is 6.33 Å². The van der Waals surface area contributed by atoms with E-state index in [1.807, 2.05) is 18.9 Å². The zero-order valence-corrected chi connectivity index (χ0v) is 12.3. The third kappa shape index (κ3) is 3.56. The molecule has 0 fully saturated rings. The maximum atomic E-state index is 11.6. The molecule has 0 aliphatic rings. The molecule has 0 aliphatic carbocycles. The zero-order valence-electron chi connectivity index (χ0n) is 12.3. The highest BCUT2D eigenvalue weighted by atomic mass is 16.1. The molecule has 6 nitrogen and oxygen atoms in total. The minimum atomic E-state index is -0.119. The van der Waals surface area contributed by atoms with Gasteiger partial charge in [-0.2, -0.15) is 0 Å². The summed E-state index contributed by atoms with van der Waals surface area (Å²) in [6, 6.07) is 0. The molecule has 1 atom stereocenters. The molecule has 1 aromatic rings. The van der Waals surface area contributed by atoms with Crippen molar-refractivity contribution >= 4 is 17.5 Å². The second kappa shape index (κ2) is 6.36. The van der Waals surface area contributed by atoms with Gasteiger partial charge in [-0.3, -0.25) is 4.79 Å². The number of rotatable bonds is 5. The van der Waals surface area contributed by atoms with E-state index in [1.54, 1.807) is 7.05 Å². The third-order valence-corrected chi connectivity index (χ3v) is 3.07. The number of anilines is 2. The van der Waals surface area contributed by atoms with Crippen molar-refractivity contribution in [1.82, 2.24) is 15.3 Å². The van der Waals surface area contributed by atoms with Crippen molar-refractivity contribution in [3.63, 3.8) is 0 Å². The van der Waals surface area contributed by atoms with Crippen molar-refractivity contribution in [3.8, 4) is 0 Å². The van der Waals surface area contributed by atoms with E-state index in [-0.39, 0.29) is 17.7 Å². The SMILES string of the molecule is CNC(=O)C(C)CN(C)c1ncnc(N)c1C(C)C. The fourth-order valence-electron chi connectivity index (χ4n) is 2.08. The molecule has 1 unspecified atom stereocenters. The molecule has 0 radical (unpaired) electrons. The van der Waals surface area contributed by atoms with Crippen molar-refractivity contribution in [2.24, 2.45) is 5.92 Å². The number of nitrogens with zero attached hydrogens (tertiary/aromatic N) is 3. The lowest BCUT2D eigenvalue weighted by Gasteiger charge is -2.25. The van der Waals surface area contributed by atoms with Gasteiger partial charge in [-0.05, 0) is 5.92 Å². The Morgan fingerprint density at radius 3 is 2.58 bits per heavy atom. The van der Waals surface area contributed by atoms with Crippen molar-refractivity contribution in [2.45, 2.75) is 26.7 Å². The second-order valence-electron chi connectivity index (χ2n) is 5.05. The molecular formula is C13H23N5O. The van der Waals surface area contributed by atoms with Gasteiger partial charge in [0.1, 0.15) is 18.0 Å². The van der Waals surface area contributed by atoms with Crippen molar-refractivity contribution in [1.29, 1.82) is 0 Å². The summed E-state index contributed by atoms with van der Waals surface area (Å²) in [5, 5.41) is 2.65. The van der Waals surface area contributed by atoms with Crippen LogP contribution in [-0.4, -0.2) is 36.5 Å². The highest BCUT2D eigenvalue weighted by Gasteiger charge is 2.19. The van der Waals surface area contributed by atoms with Gasteiger partial charge in [0.25, 0.3) is 0 Å². The maximum Gasteiger partial charge on any atom is 0.224 e. The largest absolute Gasteiger partial charge is 0.383 e. The molecule has 106 valence electrons. The molecule has 0 saturated heterocycles. The molecule has 0 aromatic carbocycles. The Morgan fingerprint density at radius 2 is 2.05 bits per heavy atom. The average molecular weight is 265 g/mol. The summed E-state index contributed by atoms with van der Waals surface area (Å²) < 4.78 is 0. The Balaban J connectivity index is 2.97. The number of hydrogen-bond acceptors (Lipinski definition) is 5. The Bertz CT molecular complexity index is 447. The predicted molar refractivity (Wildman–Crippen MR) is 77.0 cm³/mol. The number of carbonyl (C=O) groups is 1. The molecule has 1 aromatic heterocycles. The first kappa shape index (κ1) is 15.2. The van der Waals surface area contributed by atoms with E-state index in [4.69, 9.17) is 5.73 Å². The van der Waals surface area contributed by atoms with Gasteiger partial charge >= 0.3 is 0 Å². The minimum absolute atomic E-state index is 0.0139. The first-order valence-electron chi connectivity index (χ1n) is 6.41. The number of carbonyl (C=O) groups excluding carboxylic acids is 1. The molecule has 0 aliphatic heterocycles. The van der Waals surface area contributed by atoms with Crippen LogP contribution in [0.1, 0.15) is 32.3 Å². The number of hydrogen-bond donors (Lipinski definition) is 2. The van der Waals surface area contributed by atoms with Gasteiger partial charge in [-0.25, -0.2) is 9.97 Å². The van der Waals surface area contributed by atoms with E-state index in [0.29, 0.717) is 12.4 Å². The molecule has 1 rings (SSSR count). The summed E-state index contributed by atoms with van der Waals surface area (Å²) in [5.74, 6) is 1.41. The van der Waals surface area contributed by atoms with Crippen LogP contribution < -0.4 is 16.0 Å². The van der Waals surface area contributed by atoms with Crippen LogP contribution in [0.3, 0.4) is 0 Å². The first-order valence-corrected chi connectivity index (χ1v) is 6.41. The maximum absolute atomic E-state index is 11.6. The monoisotopic (exact) mass is 265 g/mol.